The number of thioether (sulfide) groups is 1. The molecule has 0 spiro atoms. The average Bonchev–Trinajstić information content (AvgIpc) is 3.34. The first-order valence-corrected chi connectivity index (χ1v) is 10.8. The number of hydrogen-bond acceptors (Lipinski definition) is 6. The highest BCUT2D eigenvalue weighted by molar-refractivity contribution is 8.00. The number of benzene rings is 2. The van der Waals surface area contributed by atoms with Gasteiger partial charge < -0.3 is 14.8 Å². The summed E-state index contributed by atoms with van der Waals surface area (Å²) in [4.78, 5) is 16.8. The van der Waals surface area contributed by atoms with E-state index in [2.05, 4.69) is 41.5 Å². The van der Waals surface area contributed by atoms with E-state index in [0.29, 0.717) is 6.54 Å². The van der Waals surface area contributed by atoms with E-state index in [1.807, 2.05) is 23.6 Å². The molecule has 4 rings (SSSR count). The van der Waals surface area contributed by atoms with Gasteiger partial charge in [-0.2, -0.15) is 0 Å². The summed E-state index contributed by atoms with van der Waals surface area (Å²) in [6, 6.07) is 14.2. The molecule has 0 saturated heterocycles. The number of rotatable bonds is 7. The van der Waals surface area contributed by atoms with Crippen LogP contribution in [0.25, 0.3) is 0 Å². The van der Waals surface area contributed by atoms with Crippen LogP contribution in [0.5, 0.6) is 11.5 Å². The molecule has 7 heteroatoms. The number of carbonyl (C=O) groups excluding carboxylic acids is 1. The molecule has 1 aliphatic heterocycles. The van der Waals surface area contributed by atoms with Crippen LogP contribution in [-0.4, -0.2) is 17.7 Å². The minimum absolute atomic E-state index is 0.0435. The summed E-state index contributed by atoms with van der Waals surface area (Å²) < 4.78 is 11.6. The number of nitrogens with zero attached hydrogens (tertiary/aromatic N) is 1. The van der Waals surface area contributed by atoms with E-state index in [1.165, 1.54) is 11.1 Å². The Balaban J connectivity index is 1.25. The van der Waals surface area contributed by atoms with Crippen LogP contribution in [0.2, 0.25) is 0 Å². The van der Waals surface area contributed by atoms with Crippen molar-refractivity contribution in [1.29, 1.82) is 0 Å². The first-order chi connectivity index (χ1) is 13.7. The Morgan fingerprint density at radius 1 is 1.14 bits per heavy atom. The monoisotopic (exact) mass is 412 g/mol. The minimum Gasteiger partial charge on any atom is -0.454 e. The molecule has 2 aromatic carbocycles. The molecule has 144 valence electrons. The maximum absolute atomic E-state index is 12.2. The third-order valence-corrected chi connectivity index (χ3v) is 6.42. The standard InChI is InChI=1S/C21H20N2O3S2/c1-14-2-4-15(5-3-14)11-27-21-23-17(12-28-21)9-20(24)22-10-16-6-7-18-19(8-16)26-13-25-18/h2-8,12H,9-11,13H2,1H3,(H,22,24). The number of hydrogen-bond donors (Lipinski definition) is 1. The lowest BCUT2D eigenvalue weighted by atomic mass is 10.2. The quantitative estimate of drug-likeness (QED) is 0.585. The summed E-state index contributed by atoms with van der Waals surface area (Å²) in [6.07, 6.45) is 0.284. The zero-order chi connectivity index (χ0) is 19.3. The maximum atomic E-state index is 12.2. The Morgan fingerprint density at radius 3 is 2.79 bits per heavy atom. The molecule has 0 fully saturated rings. The second-order valence-corrected chi connectivity index (χ2v) is 8.60. The molecule has 2 heterocycles. The third-order valence-electron chi connectivity index (χ3n) is 4.28. The fraction of sp³-hybridized carbons (Fsp3) is 0.238. The SMILES string of the molecule is Cc1ccc(CSc2nc(CC(=O)NCc3ccc4c(c3)OCO4)cs2)cc1. The van der Waals surface area contributed by atoms with Gasteiger partial charge in [0.1, 0.15) is 4.34 Å². The van der Waals surface area contributed by atoms with E-state index in [9.17, 15) is 4.79 Å². The largest absolute Gasteiger partial charge is 0.454 e. The molecule has 5 nitrogen and oxygen atoms in total. The van der Waals surface area contributed by atoms with E-state index >= 15 is 0 Å². The zero-order valence-electron chi connectivity index (χ0n) is 15.4. The number of nitrogens with one attached hydrogen (secondary N) is 1. The second-order valence-electron chi connectivity index (χ2n) is 6.52. The smallest absolute Gasteiger partial charge is 0.231 e. The van der Waals surface area contributed by atoms with Crippen LogP contribution in [0.1, 0.15) is 22.4 Å². The zero-order valence-corrected chi connectivity index (χ0v) is 17.1. The summed E-state index contributed by atoms with van der Waals surface area (Å²) in [6.45, 7) is 2.79. The van der Waals surface area contributed by atoms with Crippen LogP contribution in [0, 0.1) is 6.92 Å². The Labute approximate surface area is 172 Å². The lowest BCUT2D eigenvalue weighted by Gasteiger charge is -2.05. The number of thiazole rings is 1. The van der Waals surface area contributed by atoms with Gasteiger partial charge in [-0.15, -0.1) is 11.3 Å². The molecule has 1 aliphatic rings. The summed E-state index contributed by atoms with van der Waals surface area (Å²) >= 11 is 3.28. The van der Waals surface area contributed by atoms with Gasteiger partial charge >= 0.3 is 0 Å². The van der Waals surface area contributed by atoms with Crippen LogP contribution >= 0.6 is 23.1 Å². The Morgan fingerprint density at radius 2 is 1.93 bits per heavy atom. The molecule has 0 unspecified atom stereocenters. The van der Waals surface area contributed by atoms with E-state index in [4.69, 9.17) is 9.47 Å². The van der Waals surface area contributed by atoms with Crippen molar-refractivity contribution in [2.45, 2.75) is 30.0 Å². The molecule has 1 N–H and O–H groups in total. The van der Waals surface area contributed by atoms with Gasteiger partial charge in [0.15, 0.2) is 11.5 Å². The molecular weight excluding hydrogens is 392 g/mol. The predicted octanol–water partition coefficient (Wildman–Crippen LogP) is 4.33. The van der Waals surface area contributed by atoms with Crippen molar-refractivity contribution in [2.24, 2.45) is 0 Å². The molecule has 0 saturated carbocycles. The number of ether oxygens (including phenoxy) is 2. The molecule has 28 heavy (non-hydrogen) atoms. The van der Waals surface area contributed by atoms with Gasteiger partial charge in [0, 0.05) is 17.7 Å². The summed E-state index contributed by atoms with van der Waals surface area (Å²) in [5.41, 5.74) is 4.32. The van der Waals surface area contributed by atoms with Gasteiger partial charge in [-0.3, -0.25) is 4.79 Å². The Hall–Kier alpha value is -2.51. The minimum atomic E-state index is -0.0435. The third kappa shape index (κ3) is 4.85. The van der Waals surface area contributed by atoms with E-state index < -0.39 is 0 Å². The van der Waals surface area contributed by atoms with Crippen LogP contribution in [0.4, 0.5) is 0 Å². The van der Waals surface area contributed by atoms with Crippen molar-refractivity contribution in [2.75, 3.05) is 6.79 Å². The lowest BCUT2D eigenvalue weighted by Crippen LogP contribution is -2.24. The van der Waals surface area contributed by atoms with Gasteiger partial charge in [-0.05, 0) is 30.2 Å². The highest BCUT2D eigenvalue weighted by Gasteiger charge is 2.14. The van der Waals surface area contributed by atoms with Crippen molar-refractivity contribution in [3.05, 3.63) is 70.2 Å². The highest BCUT2D eigenvalue weighted by Crippen LogP contribution is 2.32. The van der Waals surface area contributed by atoms with Crippen LogP contribution in [-0.2, 0) is 23.5 Å². The Bertz CT molecular complexity index is 970. The van der Waals surface area contributed by atoms with Crippen LogP contribution in [0.15, 0.2) is 52.2 Å². The molecule has 0 atom stereocenters. The van der Waals surface area contributed by atoms with E-state index in [0.717, 1.165) is 32.8 Å². The normalized spacial score (nSPS) is 12.2. The number of aromatic nitrogens is 1. The van der Waals surface area contributed by atoms with Gasteiger partial charge in [0.05, 0.1) is 12.1 Å². The molecule has 0 radical (unpaired) electrons. The summed E-state index contributed by atoms with van der Waals surface area (Å²) in [5.74, 6) is 2.30. The molecule has 0 bridgehead atoms. The molecule has 0 aliphatic carbocycles. The lowest BCUT2D eigenvalue weighted by molar-refractivity contribution is -0.120. The van der Waals surface area contributed by atoms with Crippen LogP contribution < -0.4 is 14.8 Å². The first-order valence-electron chi connectivity index (χ1n) is 8.94. The van der Waals surface area contributed by atoms with Gasteiger partial charge in [-0.1, -0.05) is 47.7 Å². The fourth-order valence-corrected chi connectivity index (χ4v) is 4.54. The van der Waals surface area contributed by atoms with Gasteiger partial charge in [-0.25, -0.2) is 4.98 Å². The van der Waals surface area contributed by atoms with E-state index in [-0.39, 0.29) is 19.1 Å². The van der Waals surface area contributed by atoms with Gasteiger partial charge in [0.25, 0.3) is 0 Å². The molecule has 3 aromatic rings. The Kier molecular flexibility index (Phi) is 5.83. The van der Waals surface area contributed by atoms with Crippen molar-refractivity contribution >= 4 is 29.0 Å². The highest BCUT2D eigenvalue weighted by atomic mass is 32.2. The van der Waals surface area contributed by atoms with E-state index in [1.54, 1.807) is 23.1 Å². The topological polar surface area (TPSA) is 60.5 Å². The van der Waals surface area contributed by atoms with Crippen molar-refractivity contribution in [1.82, 2.24) is 10.3 Å². The molecular formula is C21H20N2O3S2. The molecule has 1 aromatic heterocycles. The number of aryl methyl sites for hydroxylation is 1. The number of fused-ring (bicyclic) bond motifs is 1. The molecule has 1 amide bonds. The van der Waals surface area contributed by atoms with Crippen molar-refractivity contribution < 1.29 is 14.3 Å². The summed E-state index contributed by atoms with van der Waals surface area (Å²) in [7, 11) is 0. The van der Waals surface area contributed by atoms with Gasteiger partial charge in [0.2, 0.25) is 12.7 Å². The number of carbonyl (C=O) groups is 1. The predicted molar refractivity (Wildman–Crippen MR) is 111 cm³/mol. The fourth-order valence-electron chi connectivity index (χ4n) is 2.74. The second kappa shape index (κ2) is 8.67. The van der Waals surface area contributed by atoms with Crippen molar-refractivity contribution in [3.63, 3.8) is 0 Å². The first kappa shape index (κ1) is 18.8. The van der Waals surface area contributed by atoms with Crippen molar-refractivity contribution in [3.8, 4) is 11.5 Å². The maximum Gasteiger partial charge on any atom is 0.231 e. The number of amides is 1. The summed E-state index contributed by atoms with van der Waals surface area (Å²) in [5, 5.41) is 4.89. The average molecular weight is 413 g/mol. The van der Waals surface area contributed by atoms with Crippen LogP contribution in [0.3, 0.4) is 0 Å².